The van der Waals surface area contributed by atoms with Crippen LogP contribution in [0.4, 0.5) is 0 Å². The quantitative estimate of drug-likeness (QED) is 0.883. The summed E-state index contributed by atoms with van der Waals surface area (Å²) in [4.78, 5) is 16.0. The van der Waals surface area contributed by atoms with Gasteiger partial charge in [-0.2, -0.15) is 0 Å². The van der Waals surface area contributed by atoms with E-state index in [2.05, 4.69) is 49.5 Å². The fourth-order valence-corrected chi connectivity index (χ4v) is 4.21. The third kappa shape index (κ3) is 2.77. The third-order valence-corrected chi connectivity index (χ3v) is 5.55. The number of carbonyl (C=O) groups excluding carboxylic acids is 1. The highest BCUT2D eigenvalue weighted by molar-refractivity contribution is 7.12. The van der Waals surface area contributed by atoms with Crippen LogP contribution < -0.4 is 5.32 Å². The highest BCUT2D eigenvalue weighted by Gasteiger charge is 2.36. The second kappa shape index (κ2) is 5.81. The molecule has 2 heterocycles. The maximum Gasteiger partial charge on any atom is 0.234 e. The van der Waals surface area contributed by atoms with Gasteiger partial charge in [-0.15, -0.1) is 11.3 Å². The number of hydrogen-bond acceptors (Lipinski definition) is 3. The van der Waals surface area contributed by atoms with Gasteiger partial charge in [0.1, 0.15) is 0 Å². The van der Waals surface area contributed by atoms with Gasteiger partial charge in [-0.3, -0.25) is 15.1 Å². The van der Waals surface area contributed by atoms with Gasteiger partial charge in [0.05, 0.1) is 12.0 Å². The summed E-state index contributed by atoms with van der Waals surface area (Å²) >= 11 is 1.70. The Bertz CT molecular complexity index is 780. The summed E-state index contributed by atoms with van der Waals surface area (Å²) in [5.41, 5.74) is 3.64. The van der Waals surface area contributed by atoms with E-state index >= 15 is 0 Å². The Labute approximate surface area is 140 Å². The average molecular weight is 327 g/mol. The van der Waals surface area contributed by atoms with Crippen LogP contribution in [0.2, 0.25) is 0 Å². The number of guanidine groups is 1. The Morgan fingerprint density at radius 1 is 1.26 bits per heavy atom. The van der Waals surface area contributed by atoms with Crippen molar-refractivity contribution in [2.24, 2.45) is 5.92 Å². The van der Waals surface area contributed by atoms with Crippen LogP contribution in [0.15, 0.2) is 30.3 Å². The molecule has 0 bridgehead atoms. The molecule has 23 heavy (non-hydrogen) atoms. The van der Waals surface area contributed by atoms with Crippen molar-refractivity contribution in [3.05, 3.63) is 45.6 Å². The molecule has 1 saturated heterocycles. The molecule has 5 heteroatoms. The molecular weight excluding hydrogens is 306 g/mol. The molecule has 1 aromatic carbocycles. The van der Waals surface area contributed by atoms with Crippen LogP contribution in [0.25, 0.3) is 11.1 Å². The molecule has 120 valence electrons. The van der Waals surface area contributed by atoms with Crippen LogP contribution in [0.1, 0.15) is 28.3 Å². The van der Waals surface area contributed by atoms with E-state index in [0.29, 0.717) is 0 Å². The van der Waals surface area contributed by atoms with Crippen LogP contribution >= 0.6 is 11.3 Å². The van der Waals surface area contributed by atoms with E-state index in [1.165, 1.54) is 26.5 Å². The van der Waals surface area contributed by atoms with Crippen LogP contribution in [-0.4, -0.2) is 23.8 Å². The number of carbonyl (C=O) groups is 1. The van der Waals surface area contributed by atoms with Gasteiger partial charge in [-0.25, -0.2) is 0 Å². The van der Waals surface area contributed by atoms with Crippen LogP contribution in [0.3, 0.4) is 0 Å². The Morgan fingerprint density at radius 3 is 2.70 bits per heavy atom. The smallest absolute Gasteiger partial charge is 0.234 e. The van der Waals surface area contributed by atoms with E-state index in [9.17, 15) is 4.79 Å². The summed E-state index contributed by atoms with van der Waals surface area (Å²) in [6, 6.07) is 10.5. The lowest BCUT2D eigenvalue weighted by Gasteiger charge is -2.35. The van der Waals surface area contributed by atoms with Gasteiger partial charge < -0.3 is 5.32 Å². The second-order valence-corrected chi connectivity index (χ2v) is 7.43. The molecule has 1 fully saturated rings. The zero-order valence-corrected chi connectivity index (χ0v) is 14.6. The minimum atomic E-state index is -0.183. The first-order valence-corrected chi connectivity index (χ1v) is 8.50. The minimum Gasteiger partial charge on any atom is -0.348 e. The van der Waals surface area contributed by atoms with Crippen molar-refractivity contribution >= 4 is 23.2 Å². The summed E-state index contributed by atoms with van der Waals surface area (Å²) in [6.45, 7) is 6.12. The molecule has 4 nitrogen and oxygen atoms in total. The summed E-state index contributed by atoms with van der Waals surface area (Å²) in [7, 11) is 1.64. The van der Waals surface area contributed by atoms with E-state index in [-0.39, 0.29) is 23.8 Å². The molecule has 0 radical (unpaired) electrons. The largest absolute Gasteiger partial charge is 0.348 e. The normalized spacial score (nSPS) is 21.5. The van der Waals surface area contributed by atoms with Gasteiger partial charge in [-0.05, 0) is 31.0 Å². The van der Waals surface area contributed by atoms with Gasteiger partial charge >= 0.3 is 0 Å². The third-order valence-electron chi connectivity index (χ3n) is 4.42. The number of nitrogens with zero attached hydrogens (tertiary/aromatic N) is 1. The van der Waals surface area contributed by atoms with Crippen molar-refractivity contribution < 1.29 is 4.79 Å². The van der Waals surface area contributed by atoms with Crippen molar-refractivity contribution in [1.82, 2.24) is 10.2 Å². The molecule has 2 aromatic rings. The Balaban J connectivity index is 1.98. The molecule has 2 N–H and O–H groups in total. The maximum atomic E-state index is 12.3. The minimum absolute atomic E-state index is 0.0121. The highest BCUT2D eigenvalue weighted by Crippen LogP contribution is 2.38. The number of nitrogens with one attached hydrogen (secondary N) is 2. The maximum absolute atomic E-state index is 12.3. The van der Waals surface area contributed by atoms with Crippen molar-refractivity contribution in [3.63, 3.8) is 0 Å². The number of amides is 1. The molecule has 1 aliphatic rings. The molecule has 0 saturated carbocycles. The summed E-state index contributed by atoms with van der Waals surface area (Å²) < 4.78 is 0. The summed E-state index contributed by atoms with van der Waals surface area (Å²) in [5.74, 6) is -0.0272. The monoisotopic (exact) mass is 327 g/mol. The number of benzene rings is 1. The van der Waals surface area contributed by atoms with Gasteiger partial charge in [-0.1, -0.05) is 36.8 Å². The first kappa shape index (κ1) is 15.7. The first-order valence-electron chi connectivity index (χ1n) is 7.68. The predicted octanol–water partition coefficient (Wildman–Crippen LogP) is 3.71. The lowest BCUT2D eigenvalue weighted by atomic mass is 9.95. The second-order valence-electron chi connectivity index (χ2n) is 6.14. The molecule has 1 aliphatic heterocycles. The zero-order chi connectivity index (χ0) is 16.7. The molecule has 0 unspecified atom stereocenters. The predicted molar refractivity (Wildman–Crippen MR) is 94.8 cm³/mol. The molecule has 2 atom stereocenters. The SMILES string of the molecule is Cc1cccc(-c2cc([C@H]3NC(=N)N(C)C(=O)[C@@H]3C)sc2C)c1. The summed E-state index contributed by atoms with van der Waals surface area (Å²) in [5, 5.41) is 11.1. The lowest BCUT2D eigenvalue weighted by Crippen LogP contribution is -2.53. The van der Waals surface area contributed by atoms with Crippen LogP contribution in [0, 0.1) is 25.2 Å². The van der Waals surface area contributed by atoms with Gasteiger partial charge in [0, 0.05) is 16.8 Å². The number of rotatable bonds is 2. The van der Waals surface area contributed by atoms with Crippen molar-refractivity contribution in [1.29, 1.82) is 5.41 Å². The Kier molecular flexibility index (Phi) is 3.98. The first-order chi connectivity index (χ1) is 10.9. The number of thiophene rings is 1. The van der Waals surface area contributed by atoms with Gasteiger partial charge in [0.15, 0.2) is 5.96 Å². The van der Waals surface area contributed by atoms with Crippen molar-refractivity contribution in [2.45, 2.75) is 26.8 Å². The molecule has 1 aromatic heterocycles. The topological polar surface area (TPSA) is 56.2 Å². The highest BCUT2D eigenvalue weighted by atomic mass is 32.1. The average Bonchev–Trinajstić information content (AvgIpc) is 2.90. The van der Waals surface area contributed by atoms with Crippen LogP contribution in [0.5, 0.6) is 0 Å². The lowest BCUT2D eigenvalue weighted by molar-refractivity contribution is -0.132. The van der Waals surface area contributed by atoms with Crippen LogP contribution in [-0.2, 0) is 4.79 Å². The zero-order valence-electron chi connectivity index (χ0n) is 13.8. The molecular formula is C18H21N3OS. The number of hydrogen-bond donors (Lipinski definition) is 2. The van der Waals surface area contributed by atoms with E-state index in [1.54, 1.807) is 18.4 Å². The van der Waals surface area contributed by atoms with E-state index in [4.69, 9.17) is 5.41 Å². The van der Waals surface area contributed by atoms with Gasteiger partial charge in [0.2, 0.25) is 5.91 Å². The molecule has 3 rings (SSSR count). The number of aryl methyl sites for hydroxylation is 2. The van der Waals surface area contributed by atoms with E-state index in [0.717, 1.165) is 4.88 Å². The van der Waals surface area contributed by atoms with E-state index in [1.807, 2.05) is 6.92 Å². The summed E-state index contributed by atoms with van der Waals surface area (Å²) in [6.07, 6.45) is 0. The van der Waals surface area contributed by atoms with E-state index < -0.39 is 0 Å². The molecule has 1 amide bonds. The Morgan fingerprint density at radius 2 is 2.00 bits per heavy atom. The molecule has 0 spiro atoms. The Hall–Kier alpha value is -2.14. The van der Waals surface area contributed by atoms with Gasteiger partial charge in [0.25, 0.3) is 0 Å². The standard InChI is InChI=1S/C18H21N3OS/c1-10-6-5-7-13(8-10)14-9-15(23-12(14)3)16-11(2)17(22)21(4)18(19)20-16/h5-9,11,16H,1-4H3,(H2,19,20)/t11-,16+/m1/s1. The fraction of sp³-hybridized carbons (Fsp3) is 0.333. The van der Waals surface area contributed by atoms with Crippen molar-refractivity contribution in [3.8, 4) is 11.1 Å². The molecule has 0 aliphatic carbocycles. The van der Waals surface area contributed by atoms with Crippen molar-refractivity contribution in [2.75, 3.05) is 7.05 Å². The fourth-order valence-electron chi connectivity index (χ4n) is 3.00.